The van der Waals surface area contributed by atoms with E-state index in [4.69, 9.17) is 0 Å². The Morgan fingerprint density at radius 1 is 0.721 bits per heavy atom. The summed E-state index contributed by atoms with van der Waals surface area (Å²) in [6.45, 7) is 4.25. The molecule has 0 fully saturated rings. The van der Waals surface area contributed by atoms with Gasteiger partial charge in [-0.25, -0.2) is 0 Å². The molecule has 11 rings (SSSR count). The van der Waals surface area contributed by atoms with E-state index in [0.717, 1.165) is 45.3 Å². The molecule has 6 unspecified atom stereocenters. The van der Waals surface area contributed by atoms with E-state index in [2.05, 4.69) is 194 Å². The zero-order chi connectivity index (χ0) is 46.8. The number of hydrogen-bond acceptors (Lipinski definition) is 4. The number of allylic oxidation sites excluding steroid dienone is 7. The zero-order valence-corrected chi connectivity index (χ0v) is 39.6. The highest BCUT2D eigenvalue weighted by Crippen LogP contribution is 2.48. The second-order valence-electron chi connectivity index (χ2n) is 19.5. The Bertz CT molecular complexity index is 3380. The maximum atomic E-state index is 12.5. The maximum absolute atomic E-state index is 12.5. The fourth-order valence-electron chi connectivity index (χ4n) is 12.0. The van der Waals surface area contributed by atoms with Crippen molar-refractivity contribution in [3.63, 3.8) is 0 Å². The van der Waals surface area contributed by atoms with E-state index in [0.29, 0.717) is 30.2 Å². The normalized spacial score (nSPS) is 20.7. The van der Waals surface area contributed by atoms with Crippen LogP contribution in [-0.4, -0.2) is 51.9 Å². The molecule has 0 spiro atoms. The SMILES string of the molecule is Bc1c(B)c2c(c(B)c1-c1ccc3c4ccccc4c4ccccc4c3c1)CC1=C(C)C(C(NC(=N)C3C=C(c4ccccc4)C=CC3)NC(C)c3cccc(C4C=CC=CC4)c3)=C(O)C(O)C12. The van der Waals surface area contributed by atoms with E-state index in [1.54, 1.807) is 0 Å². The second kappa shape index (κ2) is 17.7. The summed E-state index contributed by atoms with van der Waals surface area (Å²) in [6.07, 6.45) is 15.7. The molecule has 0 bridgehead atoms. The van der Waals surface area contributed by atoms with Gasteiger partial charge in [0.25, 0.3) is 0 Å². The van der Waals surface area contributed by atoms with Crippen LogP contribution in [0.2, 0.25) is 0 Å². The highest BCUT2D eigenvalue weighted by Gasteiger charge is 2.44. The fourth-order valence-corrected chi connectivity index (χ4v) is 12.0. The van der Waals surface area contributed by atoms with Crippen molar-refractivity contribution >= 4 is 83.7 Å². The Labute approximate surface area is 402 Å². The third kappa shape index (κ3) is 7.42. The molecule has 68 heavy (non-hydrogen) atoms. The topological polar surface area (TPSA) is 88.4 Å². The van der Waals surface area contributed by atoms with Crippen molar-refractivity contribution in [2.45, 2.75) is 63.3 Å². The van der Waals surface area contributed by atoms with Gasteiger partial charge in [-0.15, -0.1) is 0 Å². The summed E-state index contributed by atoms with van der Waals surface area (Å²) >= 11 is 0. The molecule has 0 aliphatic heterocycles. The Kier molecular flexibility index (Phi) is 11.3. The lowest BCUT2D eigenvalue weighted by molar-refractivity contribution is 0.130. The molecular weight excluding hydrogens is 827 g/mol. The lowest BCUT2D eigenvalue weighted by Crippen LogP contribution is -2.51. The monoisotopic (exact) mass is 883 g/mol. The third-order valence-corrected chi connectivity index (χ3v) is 15.7. The molecule has 6 atom stereocenters. The van der Waals surface area contributed by atoms with Crippen molar-refractivity contribution < 1.29 is 10.2 Å². The number of amidine groups is 1. The van der Waals surface area contributed by atoms with Crippen LogP contribution < -0.4 is 27.0 Å². The molecule has 0 saturated carbocycles. The highest BCUT2D eigenvalue weighted by atomic mass is 16.3. The Hall–Kier alpha value is -6.86. The molecule has 0 radical (unpaired) electrons. The average molecular weight is 884 g/mol. The molecule has 5 N–H and O–H groups in total. The predicted octanol–water partition coefficient (Wildman–Crippen LogP) is 8.23. The van der Waals surface area contributed by atoms with Gasteiger partial charge in [0.05, 0.1) is 0 Å². The summed E-state index contributed by atoms with van der Waals surface area (Å²) in [5.41, 5.74) is 15.6. The zero-order valence-electron chi connectivity index (χ0n) is 39.6. The molecule has 0 amide bonds. The van der Waals surface area contributed by atoms with Crippen molar-refractivity contribution in [2.75, 3.05) is 0 Å². The molecule has 7 aromatic rings. The summed E-state index contributed by atoms with van der Waals surface area (Å²) in [5.74, 6) is 0.0468. The summed E-state index contributed by atoms with van der Waals surface area (Å²) in [5, 5.41) is 49.6. The van der Waals surface area contributed by atoms with Crippen LogP contribution in [0, 0.1) is 11.3 Å². The minimum absolute atomic E-state index is 0.0431. The quantitative estimate of drug-likeness (QED) is 0.0333. The Morgan fingerprint density at radius 3 is 2.12 bits per heavy atom. The first-order chi connectivity index (χ1) is 33.1. The van der Waals surface area contributed by atoms with Gasteiger partial charge in [-0.3, -0.25) is 10.7 Å². The average Bonchev–Trinajstić information content (AvgIpc) is 3.80. The van der Waals surface area contributed by atoms with Gasteiger partial charge in [0.15, 0.2) is 0 Å². The van der Waals surface area contributed by atoms with Crippen LogP contribution in [0.3, 0.4) is 0 Å². The van der Waals surface area contributed by atoms with Crippen LogP contribution in [0.1, 0.15) is 72.4 Å². The third-order valence-electron chi connectivity index (χ3n) is 15.7. The van der Waals surface area contributed by atoms with Crippen molar-refractivity contribution in [3.8, 4) is 11.1 Å². The fraction of sp³-hybridized carbons (Fsp3) is 0.183. The van der Waals surface area contributed by atoms with E-state index in [-0.39, 0.29) is 23.6 Å². The van der Waals surface area contributed by atoms with Crippen LogP contribution in [-0.2, 0) is 6.42 Å². The standard InChI is InChI=1S/C60H56B3N3O2/c1-33-47-32-49-52(56(63)55(62)51(54(49)61)40-27-28-46-44-25-10-9-23-42(44)43-24-11-12-26-45(43)48(46)31-40)53(47)58(68)57(67)50(33)60(65-34(2)37-19-13-20-38(29-37)35-15-5-3-6-16-35)66-59(64)41-22-14-21-39(30-41)36-17-7-4-8-18-36/h3-15,17-21,23-31,34-35,41,53,58,60,65,67-68H,16,22,32,61-63H2,1-2H3,(H2,64,66). The lowest BCUT2D eigenvalue weighted by Gasteiger charge is -2.36. The van der Waals surface area contributed by atoms with Crippen LogP contribution in [0.25, 0.3) is 49.0 Å². The minimum Gasteiger partial charge on any atom is -0.509 e. The predicted molar refractivity (Wildman–Crippen MR) is 294 cm³/mol. The summed E-state index contributed by atoms with van der Waals surface area (Å²) < 4.78 is 0. The summed E-state index contributed by atoms with van der Waals surface area (Å²) in [7, 11) is 6.66. The number of aliphatic hydroxyl groups is 2. The molecule has 7 aromatic carbocycles. The van der Waals surface area contributed by atoms with E-state index in [1.165, 1.54) is 65.5 Å². The Balaban J connectivity index is 0.977. The molecular formula is C60H56B3N3O2. The molecule has 4 aliphatic carbocycles. The van der Waals surface area contributed by atoms with Crippen molar-refractivity contribution in [2.24, 2.45) is 5.92 Å². The molecule has 8 heteroatoms. The second-order valence-corrected chi connectivity index (χ2v) is 19.5. The molecule has 4 aliphatic rings. The van der Waals surface area contributed by atoms with Crippen LogP contribution in [0.15, 0.2) is 186 Å². The largest absolute Gasteiger partial charge is 0.509 e. The molecule has 0 heterocycles. The van der Waals surface area contributed by atoms with E-state index in [1.807, 2.05) is 18.2 Å². The van der Waals surface area contributed by atoms with Crippen LogP contribution in [0.4, 0.5) is 0 Å². The maximum Gasteiger partial charge on any atom is 0.140 e. The van der Waals surface area contributed by atoms with E-state index >= 15 is 0 Å². The minimum atomic E-state index is -1.15. The van der Waals surface area contributed by atoms with Gasteiger partial charge in [-0.1, -0.05) is 180 Å². The number of hydrogen-bond donors (Lipinski definition) is 5. The van der Waals surface area contributed by atoms with Crippen LogP contribution >= 0.6 is 0 Å². The van der Waals surface area contributed by atoms with Crippen molar-refractivity contribution in [1.29, 1.82) is 5.41 Å². The van der Waals surface area contributed by atoms with Crippen LogP contribution in [0.5, 0.6) is 0 Å². The molecule has 0 aromatic heterocycles. The number of benzene rings is 7. The first kappa shape index (κ1) is 43.7. The van der Waals surface area contributed by atoms with Gasteiger partial charge in [-0.2, -0.15) is 0 Å². The van der Waals surface area contributed by atoms with Crippen molar-refractivity contribution in [1.82, 2.24) is 10.6 Å². The molecule has 0 saturated heterocycles. The highest BCUT2D eigenvalue weighted by molar-refractivity contribution is 6.55. The van der Waals surface area contributed by atoms with Gasteiger partial charge in [-0.05, 0) is 122 Å². The molecule has 332 valence electrons. The van der Waals surface area contributed by atoms with E-state index < -0.39 is 12.3 Å². The number of fused-ring (bicyclic) bond motifs is 9. The smallest absolute Gasteiger partial charge is 0.140 e. The summed E-state index contributed by atoms with van der Waals surface area (Å²) in [6, 6.07) is 43.3. The van der Waals surface area contributed by atoms with Gasteiger partial charge in [0.2, 0.25) is 0 Å². The number of aliphatic hydroxyl groups excluding tert-OH is 2. The van der Waals surface area contributed by atoms with Crippen molar-refractivity contribution in [3.05, 3.63) is 214 Å². The Morgan fingerprint density at radius 2 is 1.41 bits per heavy atom. The summed E-state index contributed by atoms with van der Waals surface area (Å²) in [4.78, 5) is 0. The van der Waals surface area contributed by atoms with E-state index in [9.17, 15) is 15.6 Å². The van der Waals surface area contributed by atoms with Gasteiger partial charge >= 0.3 is 0 Å². The number of rotatable bonds is 9. The molecule has 5 nitrogen and oxygen atoms in total. The first-order valence-electron chi connectivity index (χ1n) is 24.3. The number of nitrogens with one attached hydrogen (secondary N) is 3. The lowest BCUT2D eigenvalue weighted by atomic mass is 9.65. The van der Waals surface area contributed by atoms with Gasteiger partial charge < -0.3 is 15.5 Å². The van der Waals surface area contributed by atoms with Gasteiger partial charge in [0.1, 0.15) is 47.4 Å². The first-order valence-corrected chi connectivity index (χ1v) is 24.3. The van der Waals surface area contributed by atoms with Gasteiger partial charge in [0, 0.05) is 29.4 Å².